The molecule has 220 valence electrons. The fraction of sp³-hybridized carbons (Fsp3) is 0.0588. The molecule has 0 N–H and O–H groups in total. The first-order chi connectivity index (χ1) is 21.1. The fourth-order valence-corrected chi connectivity index (χ4v) is 5.80. The SMILES string of the molecule is O=C(c1ccc2cc(OS(=O)(=O)C(F)(F)F)ccc2c1)c1cn(C(c2ccccc2)(c2ccccc2)c2ccccc2)cn1. The number of halogens is 3. The molecular weight excluding hydrogens is 589 g/mol. The zero-order valence-electron chi connectivity index (χ0n) is 22.8. The number of benzene rings is 5. The molecule has 0 saturated heterocycles. The Hall–Kier alpha value is -5.22. The molecule has 5 aromatic carbocycles. The minimum Gasteiger partial charge on any atom is -0.376 e. The van der Waals surface area contributed by atoms with Crippen LogP contribution in [-0.4, -0.2) is 29.3 Å². The van der Waals surface area contributed by atoms with Crippen molar-refractivity contribution in [3.63, 3.8) is 0 Å². The second-order valence-corrected chi connectivity index (χ2v) is 11.5. The average Bonchev–Trinajstić information content (AvgIpc) is 3.52. The number of rotatable bonds is 8. The molecule has 0 aliphatic carbocycles. The van der Waals surface area contributed by atoms with Gasteiger partial charge in [0.15, 0.2) is 0 Å². The first kappa shape index (κ1) is 28.9. The lowest BCUT2D eigenvalue weighted by Crippen LogP contribution is -2.37. The van der Waals surface area contributed by atoms with Gasteiger partial charge in [-0.05, 0) is 45.7 Å². The van der Waals surface area contributed by atoms with Crippen molar-refractivity contribution < 1.29 is 30.6 Å². The predicted molar refractivity (Wildman–Crippen MR) is 160 cm³/mol. The van der Waals surface area contributed by atoms with Crippen molar-refractivity contribution in [3.8, 4) is 5.75 Å². The van der Waals surface area contributed by atoms with E-state index in [0.717, 1.165) is 28.8 Å². The summed E-state index contributed by atoms with van der Waals surface area (Å²) in [6.07, 6.45) is 3.34. The Balaban J connectivity index is 1.40. The average molecular weight is 613 g/mol. The van der Waals surface area contributed by atoms with Gasteiger partial charge in [0, 0.05) is 11.8 Å². The Kier molecular flexibility index (Phi) is 7.30. The van der Waals surface area contributed by atoms with E-state index < -0.39 is 26.9 Å². The van der Waals surface area contributed by atoms with Crippen LogP contribution in [0, 0.1) is 0 Å². The van der Waals surface area contributed by atoms with Crippen LogP contribution in [0.5, 0.6) is 5.75 Å². The lowest BCUT2D eigenvalue weighted by molar-refractivity contribution is -0.0500. The normalized spacial score (nSPS) is 12.2. The molecule has 0 saturated carbocycles. The number of nitrogens with zero attached hydrogens (tertiary/aromatic N) is 2. The minimum absolute atomic E-state index is 0.188. The lowest BCUT2D eigenvalue weighted by Gasteiger charge is -2.37. The standard InChI is InChI=1S/C34H23F3N2O4S/c35-34(36,37)44(41,42)43-30-19-18-24-20-26(17-16-25(24)21-30)32(40)31-22-39(23-38-31)33(27-10-4-1-5-11-27,28-12-6-2-7-13-28)29-14-8-3-9-15-29/h1-23H. The molecule has 1 heterocycles. The third kappa shape index (κ3) is 5.13. The van der Waals surface area contributed by atoms with Gasteiger partial charge in [-0.25, -0.2) is 4.98 Å². The van der Waals surface area contributed by atoms with Crippen LogP contribution in [-0.2, 0) is 15.7 Å². The summed E-state index contributed by atoms with van der Waals surface area (Å²) in [6.45, 7) is 0. The maximum Gasteiger partial charge on any atom is 0.534 e. The fourth-order valence-electron chi connectivity index (χ4n) is 5.35. The Morgan fingerprint density at radius 1 is 0.682 bits per heavy atom. The monoisotopic (exact) mass is 612 g/mol. The third-order valence-electron chi connectivity index (χ3n) is 7.34. The Morgan fingerprint density at radius 3 is 1.70 bits per heavy atom. The van der Waals surface area contributed by atoms with Crippen LogP contribution in [0.3, 0.4) is 0 Å². The highest BCUT2D eigenvalue weighted by atomic mass is 32.2. The molecule has 0 amide bonds. The summed E-state index contributed by atoms with van der Waals surface area (Å²) in [5.41, 5.74) is -3.04. The van der Waals surface area contributed by atoms with E-state index in [1.165, 1.54) is 18.2 Å². The topological polar surface area (TPSA) is 78.3 Å². The van der Waals surface area contributed by atoms with Gasteiger partial charge in [0.25, 0.3) is 0 Å². The smallest absolute Gasteiger partial charge is 0.376 e. The second-order valence-electron chi connectivity index (χ2n) is 10.0. The summed E-state index contributed by atoms with van der Waals surface area (Å²) in [5, 5.41) is 0.887. The molecule has 0 spiro atoms. The van der Waals surface area contributed by atoms with Gasteiger partial charge in [-0.15, -0.1) is 0 Å². The molecule has 0 fully saturated rings. The number of hydrogen-bond acceptors (Lipinski definition) is 5. The van der Waals surface area contributed by atoms with E-state index in [-0.39, 0.29) is 11.5 Å². The van der Waals surface area contributed by atoms with Crippen molar-refractivity contribution >= 4 is 26.7 Å². The van der Waals surface area contributed by atoms with Gasteiger partial charge in [0.05, 0.1) is 6.33 Å². The number of hydrogen-bond donors (Lipinski definition) is 0. The maximum absolute atomic E-state index is 13.7. The van der Waals surface area contributed by atoms with E-state index >= 15 is 0 Å². The first-order valence-electron chi connectivity index (χ1n) is 13.4. The lowest BCUT2D eigenvalue weighted by atomic mass is 9.77. The van der Waals surface area contributed by atoms with E-state index in [4.69, 9.17) is 0 Å². The number of fused-ring (bicyclic) bond motifs is 1. The molecule has 6 aromatic rings. The largest absolute Gasteiger partial charge is 0.534 e. The third-order valence-corrected chi connectivity index (χ3v) is 8.32. The van der Waals surface area contributed by atoms with Gasteiger partial charge >= 0.3 is 15.6 Å². The highest BCUT2D eigenvalue weighted by molar-refractivity contribution is 7.88. The van der Waals surface area contributed by atoms with Crippen LogP contribution in [0.2, 0.25) is 0 Å². The molecule has 0 atom stereocenters. The van der Waals surface area contributed by atoms with Crippen LogP contribution in [0.4, 0.5) is 13.2 Å². The summed E-state index contributed by atoms with van der Waals surface area (Å²) in [6, 6.07) is 38.0. The Morgan fingerprint density at radius 2 is 1.18 bits per heavy atom. The molecule has 0 unspecified atom stereocenters. The van der Waals surface area contributed by atoms with E-state index in [9.17, 15) is 26.4 Å². The van der Waals surface area contributed by atoms with Gasteiger partial charge in [0.2, 0.25) is 5.78 Å². The molecule has 0 aliphatic rings. The van der Waals surface area contributed by atoms with E-state index in [0.29, 0.717) is 16.3 Å². The van der Waals surface area contributed by atoms with Gasteiger partial charge in [-0.2, -0.15) is 21.6 Å². The van der Waals surface area contributed by atoms with Crippen molar-refractivity contribution in [3.05, 3.63) is 168 Å². The van der Waals surface area contributed by atoms with Gasteiger partial charge in [-0.3, -0.25) is 4.79 Å². The molecule has 6 nitrogen and oxygen atoms in total. The highest BCUT2D eigenvalue weighted by Crippen LogP contribution is 2.41. The van der Waals surface area contributed by atoms with Gasteiger partial charge < -0.3 is 8.75 Å². The number of ketones is 1. The number of imidazole rings is 1. The number of carbonyl (C=O) groups excluding carboxylic acids is 1. The minimum atomic E-state index is -5.81. The number of alkyl halides is 3. The van der Waals surface area contributed by atoms with Crippen molar-refractivity contribution in [2.24, 2.45) is 0 Å². The second kappa shape index (κ2) is 11.1. The van der Waals surface area contributed by atoms with Crippen LogP contribution in [0.15, 0.2) is 140 Å². The van der Waals surface area contributed by atoms with Crippen LogP contribution < -0.4 is 4.18 Å². The van der Waals surface area contributed by atoms with E-state index in [2.05, 4.69) is 9.17 Å². The number of carbonyl (C=O) groups is 1. The molecule has 10 heteroatoms. The quantitative estimate of drug-likeness (QED) is 0.0778. The summed E-state index contributed by atoms with van der Waals surface area (Å²) in [7, 11) is -5.81. The van der Waals surface area contributed by atoms with Crippen molar-refractivity contribution in [1.29, 1.82) is 0 Å². The van der Waals surface area contributed by atoms with Gasteiger partial charge in [-0.1, -0.05) is 109 Å². The zero-order valence-corrected chi connectivity index (χ0v) is 23.7. The van der Waals surface area contributed by atoms with Crippen molar-refractivity contribution in [2.45, 2.75) is 11.0 Å². The Labute approximate surface area is 251 Å². The molecular formula is C34H23F3N2O4S. The molecule has 1 aromatic heterocycles. The highest BCUT2D eigenvalue weighted by Gasteiger charge is 2.48. The molecule has 6 rings (SSSR count). The van der Waals surface area contributed by atoms with E-state index in [1.54, 1.807) is 18.6 Å². The van der Waals surface area contributed by atoms with Crippen molar-refractivity contribution in [1.82, 2.24) is 9.55 Å². The summed E-state index contributed by atoms with van der Waals surface area (Å²) < 4.78 is 67.2. The van der Waals surface area contributed by atoms with Gasteiger partial charge in [0.1, 0.15) is 17.0 Å². The van der Waals surface area contributed by atoms with Crippen molar-refractivity contribution in [2.75, 3.05) is 0 Å². The molecule has 0 radical (unpaired) electrons. The van der Waals surface area contributed by atoms with Crippen LogP contribution >= 0.6 is 0 Å². The Bertz CT molecular complexity index is 1970. The summed E-state index contributed by atoms with van der Waals surface area (Å²) >= 11 is 0. The molecule has 0 aliphatic heterocycles. The van der Waals surface area contributed by atoms with Crippen LogP contribution in [0.1, 0.15) is 32.7 Å². The summed E-state index contributed by atoms with van der Waals surface area (Å²) in [5.74, 6) is -0.861. The predicted octanol–water partition coefficient (Wildman–Crippen LogP) is 7.34. The zero-order chi connectivity index (χ0) is 31.0. The van der Waals surface area contributed by atoms with E-state index in [1.807, 2.05) is 95.6 Å². The molecule has 0 bridgehead atoms. The maximum atomic E-state index is 13.7. The number of aromatic nitrogens is 2. The molecule has 44 heavy (non-hydrogen) atoms. The summed E-state index contributed by atoms with van der Waals surface area (Å²) in [4.78, 5) is 18.2. The van der Waals surface area contributed by atoms with Crippen LogP contribution in [0.25, 0.3) is 10.8 Å². The first-order valence-corrected chi connectivity index (χ1v) is 14.8.